The van der Waals surface area contributed by atoms with E-state index in [0.29, 0.717) is 5.92 Å². The van der Waals surface area contributed by atoms with E-state index in [9.17, 15) is 4.79 Å². The number of amides is 1. The summed E-state index contributed by atoms with van der Waals surface area (Å²) in [6, 6.07) is 8.12. The molecule has 19 heavy (non-hydrogen) atoms. The zero-order chi connectivity index (χ0) is 13.5. The van der Waals surface area contributed by atoms with Crippen LogP contribution in [0.4, 0.5) is 0 Å². The first kappa shape index (κ1) is 12.5. The Labute approximate surface area is 115 Å². The van der Waals surface area contributed by atoms with Gasteiger partial charge in [-0.15, -0.1) is 0 Å². The summed E-state index contributed by atoms with van der Waals surface area (Å²) in [6.45, 7) is 5.19. The molecule has 0 saturated heterocycles. The summed E-state index contributed by atoms with van der Waals surface area (Å²) >= 11 is 0. The Balaban J connectivity index is 2.13. The zero-order valence-corrected chi connectivity index (χ0v) is 11.7. The van der Waals surface area contributed by atoms with Crippen molar-refractivity contribution in [3.8, 4) is 0 Å². The Morgan fingerprint density at radius 1 is 1.32 bits per heavy atom. The standard InChI is InChI=1S/C17H21NO/c1-13(2)12-18-16(19)14-8-4-5-9-15(14)17(18)10-6-3-7-11-17/h4-6,8-10,13H,3,7,11-12H2,1-2H3. The topological polar surface area (TPSA) is 20.3 Å². The summed E-state index contributed by atoms with van der Waals surface area (Å²) in [5, 5.41) is 0. The smallest absolute Gasteiger partial charge is 0.255 e. The first-order valence-electron chi connectivity index (χ1n) is 7.24. The van der Waals surface area contributed by atoms with Crippen LogP contribution in [0.25, 0.3) is 0 Å². The maximum atomic E-state index is 12.7. The van der Waals surface area contributed by atoms with E-state index in [0.717, 1.165) is 31.4 Å². The highest BCUT2D eigenvalue weighted by atomic mass is 16.2. The van der Waals surface area contributed by atoms with Crippen molar-refractivity contribution in [2.75, 3.05) is 6.54 Å². The van der Waals surface area contributed by atoms with Crippen LogP contribution < -0.4 is 0 Å². The maximum Gasteiger partial charge on any atom is 0.255 e. The van der Waals surface area contributed by atoms with Gasteiger partial charge >= 0.3 is 0 Å². The molecule has 1 aliphatic heterocycles. The summed E-state index contributed by atoms with van der Waals surface area (Å²) in [4.78, 5) is 14.8. The normalized spacial score (nSPS) is 25.4. The lowest BCUT2D eigenvalue weighted by Gasteiger charge is -2.40. The van der Waals surface area contributed by atoms with Crippen LogP contribution in [0.15, 0.2) is 36.4 Å². The van der Waals surface area contributed by atoms with Gasteiger partial charge in [-0.25, -0.2) is 0 Å². The molecule has 1 spiro atoms. The minimum absolute atomic E-state index is 0.170. The van der Waals surface area contributed by atoms with Crippen molar-refractivity contribution in [1.82, 2.24) is 4.90 Å². The van der Waals surface area contributed by atoms with E-state index in [1.54, 1.807) is 0 Å². The minimum Gasteiger partial charge on any atom is -0.325 e. The van der Waals surface area contributed by atoms with E-state index in [-0.39, 0.29) is 11.4 Å². The van der Waals surface area contributed by atoms with E-state index < -0.39 is 0 Å². The van der Waals surface area contributed by atoms with Gasteiger partial charge in [-0.3, -0.25) is 4.79 Å². The molecule has 0 fully saturated rings. The third kappa shape index (κ3) is 1.81. The number of benzene rings is 1. The van der Waals surface area contributed by atoms with Gasteiger partial charge in [0.25, 0.3) is 5.91 Å². The van der Waals surface area contributed by atoms with Crippen LogP contribution >= 0.6 is 0 Å². The monoisotopic (exact) mass is 255 g/mol. The zero-order valence-electron chi connectivity index (χ0n) is 11.7. The van der Waals surface area contributed by atoms with Gasteiger partial charge in [0, 0.05) is 12.1 Å². The van der Waals surface area contributed by atoms with Crippen molar-refractivity contribution < 1.29 is 4.79 Å². The first-order valence-corrected chi connectivity index (χ1v) is 7.24. The van der Waals surface area contributed by atoms with Gasteiger partial charge in [-0.1, -0.05) is 44.2 Å². The quantitative estimate of drug-likeness (QED) is 0.737. The number of nitrogens with zero attached hydrogens (tertiary/aromatic N) is 1. The molecule has 2 heteroatoms. The lowest BCUT2D eigenvalue weighted by atomic mass is 9.81. The average Bonchev–Trinajstić information content (AvgIpc) is 2.63. The highest BCUT2D eigenvalue weighted by Crippen LogP contribution is 2.45. The molecule has 0 saturated carbocycles. The summed E-state index contributed by atoms with van der Waals surface area (Å²) < 4.78 is 0. The molecule has 0 bridgehead atoms. The van der Waals surface area contributed by atoms with Crippen LogP contribution in [0.3, 0.4) is 0 Å². The van der Waals surface area contributed by atoms with Gasteiger partial charge in [0.2, 0.25) is 0 Å². The number of hydrogen-bond acceptors (Lipinski definition) is 1. The molecule has 100 valence electrons. The fraction of sp³-hybridized carbons (Fsp3) is 0.471. The fourth-order valence-electron chi connectivity index (χ4n) is 3.43. The van der Waals surface area contributed by atoms with Crippen molar-refractivity contribution >= 4 is 5.91 Å². The van der Waals surface area contributed by atoms with Crippen LogP contribution in [-0.2, 0) is 5.54 Å². The Hall–Kier alpha value is -1.57. The van der Waals surface area contributed by atoms with Gasteiger partial charge in [-0.05, 0) is 36.8 Å². The molecule has 1 aromatic carbocycles. The van der Waals surface area contributed by atoms with Gasteiger partial charge in [0.15, 0.2) is 0 Å². The molecular formula is C17H21NO. The Bertz CT molecular complexity index is 532. The van der Waals surface area contributed by atoms with Crippen molar-refractivity contribution in [3.63, 3.8) is 0 Å². The van der Waals surface area contributed by atoms with Gasteiger partial charge in [-0.2, -0.15) is 0 Å². The predicted molar refractivity (Wildman–Crippen MR) is 77.0 cm³/mol. The first-order chi connectivity index (χ1) is 9.15. The molecule has 1 heterocycles. The molecule has 0 aromatic heterocycles. The molecule has 1 atom stereocenters. The molecule has 2 nitrogen and oxygen atoms in total. The average molecular weight is 255 g/mol. The molecule has 1 unspecified atom stereocenters. The number of allylic oxidation sites excluding steroid dienone is 1. The van der Waals surface area contributed by atoms with E-state index >= 15 is 0 Å². The molecule has 0 radical (unpaired) electrons. The summed E-state index contributed by atoms with van der Waals surface area (Å²) in [5.74, 6) is 0.696. The number of carbonyl (C=O) groups excluding carboxylic acids is 1. The SMILES string of the molecule is CC(C)CN1C(=O)c2ccccc2C12C=CCCC2. The van der Waals surface area contributed by atoms with Crippen molar-refractivity contribution in [2.24, 2.45) is 5.92 Å². The maximum absolute atomic E-state index is 12.7. The molecule has 1 amide bonds. The highest BCUT2D eigenvalue weighted by Gasteiger charge is 2.47. The van der Waals surface area contributed by atoms with Crippen LogP contribution in [0.2, 0.25) is 0 Å². The van der Waals surface area contributed by atoms with Crippen LogP contribution in [0.1, 0.15) is 49.0 Å². The van der Waals surface area contributed by atoms with Gasteiger partial charge in [0.1, 0.15) is 0 Å². The van der Waals surface area contributed by atoms with E-state index in [4.69, 9.17) is 0 Å². The van der Waals surface area contributed by atoms with E-state index in [1.165, 1.54) is 5.56 Å². The second kappa shape index (κ2) is 4.52. The number of hydrogen-bond donors (Lipinski definition) is 0. The van der Waals surface area contributed by atoms with Crippen molar-refractivity contribution in [1.29, 1.82) is 0 Å². The van der Waals surface area contributed by atoms with Crippen molar-refractivity contribution in [2.45, 2.75) is 38.6 Å². The molecular weight excluding hydrogens is 234 g/mol. The third-order valence-corrected chi connectivity index (χ3v) is 4.22. The fourth-order valence-corrected chi connectivity index (χ4v) is 3.43. The Kier molecular flexibility index (Phi) is 2.96. The largest absolute Gasteiger partial charge is 0.325 e. The van der Waals surface area contributed by atoms with E-state index in [1.807, 2.05) is 12.1 Å². The number of fused-ring (bicyclic) bond motifs is 2. The van der Waals surface area contributed by atoms with Gasteiger partial charge in [0.05, 0.1) is 5.54 Å². The van der Waals surface area contributed by atoms with Gasteiger partial charge < -0.3 is 4.90 Å². The minimum atomic E-state index is -0.170. The Morgan fingerprint density at radius 3 is 2.79 bits per heavy atom. The summed E-state index contributed by atoms with van der Waals surface area (Å²) in [7, 11) is 0. The molecule has 0 N–H and O–H groups in total. The lowest BCUT2D eigenvalue weighted by Crippen LogP contribution is -2.45. The molecule has 2 aliphatic rings. The number of carbonyl (C=O) groups is 1. The van der Waals surface area contributed by atoms with Crippen molar-refractivity contribution in [3.05, 3.63) is 47.5 Å². The molecule has 1 aromatic rings. The summed E-state index contributed by atoms with van der Waals surface area (Å²) in [6.07, 6.45) is 7.86. The second-order valence-corrected chi connectivity index (χ2v) is 6.07. The highest BCUT2D eigenvalue weighted by molar-refractivity contribution is 6.00. The van der Waals surface area contributed by atoms with E-state index in [2.05, 4.69) is 43.0 Å². The predicted octanol–water partition coefficient (Wildman–Crippen LogP) is 3.73. The lowest BCUT2D eigenvalue weighted by molar-refractivity contribution is 0.0574. The molecule has 3 rings (SSSR count). The second-order valence-electron chi connectivity index (χ2n) is 6.07. The van der Waals surface area contributed by atoms with Crippen LogP contribution in [-0.4, -0.2) is 17.4 Å². The number of rotatable bonds is 2. The third-order valence-electron chi connectivity index (χ3n) is 4.22. The summed E-state index contributed by atoms with van der Waals surface area (Å²) in [5.41, 5.74) is 1.93. The van der Waals surface area contributed by atoms with Crippen LogP contribution in [0, 0.1) is 5.92 Å². The Morgan fingerprint density at radius 2 is 2.11 bits per heavy atom. The van der Waals surface area contributed by atoms with Crippen LogP contribution in [0.5, 0.6) is 0 Å². The molecule has 1 aliphatic carbocycles.